The molecule has 20 heavy (non-hydrogen) atoms. The fraction of sp³-hybridized carbons (Fsp3) is 0.333. The first kappa shape index (κ1) is 14.1. The summed E-state index contributed by atoms with van der Waals surface area (Å²) in [7, 11) is 3.48. The predicted octanol–water partition coefficient (Wildman–Crippen LogP) is 2.56. The lowest BCUT2D eigenvalue weighted by Gasteiger charge is -2.27. The van der Waals surface area contributed by atoms with Gasteiger partial charge in [0.2, 0.25) is 0 Å². The minimum atomic E-state index is -0.646. The van der Waals surface area contributed by atoms with Crippen molar-refractivity contribution in [3.63, 3.8) is 0 Å². The molecule has 2 rings (SSSR count). The lowest BCUT2D eigenvalue weighted by atomic mass is 10.1. The van der Waals surface area contributed by atoms with E-state index in [4.69, 9.17) is 9.47 Å². The highest BCUT2D eigenvalue weighted by Gasteiger charge is 2.28. The second-order valence-corrected chi connectivity index (χ2v) is 5.00. The lowest BCUT2D eigenvalue weighted by molar-refractivity contribution is 0.0908. The number of aromatic nitrogens is 2. The average Bonchev–Trinajstić information content (AvgIpc) is 2.85. The summed E-state index contributed by atoms with van der Waals surface area (Å²) in [6.07, 6.45) is 4.36. The second-order valence-electron chi connectivity index (χ2n) is 5.00. The van der Waals surface area contributed by atoms with Crippen LogP contribution in [-0.2, 0) is 12.6 Å². The molecule has 0 atom stereocenters. The van der Waals surface area contributed by atoms with Gasteiger partial charge in [-0.1, -0.05) is 0 Å². The molecule has 1 heterocycles. The number of aldehydes is 1. The van der Waals surface area contributed by atoms with Crippen LogP contribution < -0.4 is 9.47 Å². The van der Waals surface area contributed by atoms with Gasteiger partial charge in [-0.05, 0) is 32.0 Å². The predicted molar refractivity (Wildman–Crippen MR) is 75.2 cm³/mol. The van der Waals surface area contributed by atoms with Crippen molar-refractivity contribution in [2.24, 2.45) is 7.05 Å². The van der Waals surface area contributed by atoms with Crippen LogP contribution in [0.5, 0.6) is 11.5 Å². The van der Waals surface area contributed by atoms with E-state index in [0.717, 1.165) is 12.1 Å². The Bertz CT molecular complexity index is 617. The van der Waals surface area contributed by atoms with Crippen LogP contribution in [0.4, 0.5) is 0 Å². The number of rotatable bonds is 5. The number of methoxy groups -OCH3 is 1. The van der Waals surface area contributed by atoms with E-state index in [2.05, 4.69) is 4.98 Å². The average molecular weight is 274 g/mol. The Morgan fingerprint density at radius 1 is 1.30 bits per heavy atom. The molecule has 0 radical (unpaired) electrons. The summed E-state index contributed by atoms with van der Waals surface area (Å²) in [5.41, 5.74) is -0.107. The maximum Gasteiger partial charge on any atom is 0.163 e. The fourth-order valence-corrected chi connectivity index (χ4v) is 2.11. The van der Waals surface area contributed by atoms with E-state index < -0.39 is 5.60 Å². The third-order valence-corrected chi connectivity index (χ3v) is 3.05. The first-order valence-electron chi connectivity index (χ1n) is 6.28. The number of hydrogen-bond acceptors (Lipinski definition) is 4. The molecule has 0 N–H and O–H groups in total. The van der Waals surface area contributed by atoms with E-state index >= 15 is 0 Å². The zero-order valence-electron chi connectivity index (χ0n) is 12.1. The van der Waals surface area contributed by atoms with E-state index in [1.54, 1.807) is 31.5 Å². The Kier molecular flexibility index (Phi) is 3.79. The molecule has 0 saturated heterocycles. The molecule has 0 unspecified atom stereocenters. The summed E-state index contributed by atoms with van der Waals surface area (Å²) in [6, 6.07) is 5.07. The molecule has 0 spiro atoms. The first-order chi connectivity index (χ1) is 9.47. The van der Waals surface area contributed by atoms with Crippen molar-refractivity contribution in [1.82, 2.24) is 9.55 Å². The molecule has 0 bridgehead atoms. The van der Waals surface area contributed by atoms with Crippen LogP contribution in [0.3, 0.4) is 0 Å². The largest absolute Gasteiger partial charge is 0.493 e. The summed E-state index contributed by atoms with van der Waals surface area (Å²) in [6.45, 7) is 3.84. The minimum absolute atomic E-state index is 0.519. The Labute approximate surface area is 118 Å². The van der Waals surface area contributed by atoms with E-state index in [9.17, 15) is 4.79 Å². The van der Waals surface area contributed by atoms with E-state index in [-0.39, 0.29) is 0 Å². The monoisotopic (exact) mass is 274 g/mol. The highest BCUT2D eigenvalue weighted by molar-refractivity contribution is 5.76. The number of nitrogens with zero attached hydrogens (tertiary/aromatic N) is 2. The molecule has 5 nitrogen and oxygen atoms in total. The Hall–Kier alpha value is -2.30. The summed E-state index contributed by atoms with van der Waals surface area (Å²) in [4.78, 5) is 15.2. The molecule has 0 aliphatic heterocycles. The van der Waals surface area contributed by atoms with Crippen LogP contribution in [0.25, 0.3) is 0 Å². The van der Waals surface area contributed by atoms with Crippen LogP contribution in [0.15, 0.2) is 30.6 Å². The molecule has 2 aromatic rings. The third-order valence-electron chi connectivity index (χ3n) is 3.05. The maximum absolute atomic E-state index is 10.9. The number of aryl methyl sites for hydroxylation is 1. The van der Waals surface area contributed by atoms with Gasteiger partial charge in [-0.15, -0.1) is 0 Å². The van der Waals surface area contributed by atoms with Crippen molar-refractivity contribution >= 4 is 6.29 Å². The normalized spacial score (nSPS) is 11.2. The number of carbonyl (C=O) groups excluding carboxylic acids is 1. The zero-order valence-corrected chi connectivity index (χ0v) is 12.1. The minimum Gasteiger partial charge on any atom is -0.493 e. The number of imidazole rings is 1. The van der Waals surface area contributed by atoms with Crippen LogP contribution >= 0.6 is 0 Å². The molecule has 0 amide bonds. The van der Waals surface area contributed by atoms with Gasteiger partial charge in [-0.2, -0.15) is 0 Å². The highest BCUT2D eigenvalue weighted by Crippen LogP contribution is 2.34. The summed E-state index contributed by atoms with van der Waals surface area (Å²) in [5.74, 6) is 1.89. The smallest absolute Gasteiger partial charge is 0.163 e. The number of hydrogen-bond donors (Lipinski definition) is 0. The summed E-state index contributed by atoms with van der Waals surface area (Å²) < 4.78 is 13.2. The van der Waals surface area contributed by atoms with Crippen LogP contribution in [0.1, 0.15) is 30.0 Å². The van der Waals surface area contributed by atoms with E-state index in [0.29, 0.717) is 17.1 Å². The highest BCUT2D eigenvalue weighted by atomic mass is 16.5. The van der Waals surface area contributed by atoms with Gasteiger partial charge in [-0.3, -0.25) is 4.79 Å². The van der Waals surface area contributed by atoms with Gasteiger partial charge in [0.1, 0.15) is 6.29 Å². The van der Waals surface area contributed by atoms with Crippen molar-refractivity contribution in [2.45, 2.75) is 19.4 Å². The Morgan fingerprint density at radius 3 is 2.60 bits per heavy atom. The van der Waals surface area contributed by atoms with Crippen molar-refractivity contribution in [3.8, 4) is 11.5 Å². The molecule has 1 aromatic carbocycles. The molecule has 5 heteroatoms. The van der Waals surface area contributed by atoms with Crippen molar-refractivity contribution in [3.05, 3.63) is 42.0 Å². The van der Waals surface area contributed by atoms with Gasteiger partial charge >= 0.3 is 0 Å². The van der Waals surface area contributed by atoms with Crippen molar-refractivity contribution in [1.29, 1.82) is 0 Å². The number of ether oxygens (including phenoxy) is 2. The molecule has 0 saturated carbocycles. The maximum atomic E-state index is 10.9. The van der Waals surface area contributed by atoms with Crippen molar-refractivity contribution in [2.75, 3.05) is 7.11 Å². The van der Waals surface area contributed by atoms with Crippen molar-refractivity contribution < 1.29 is 14.3 Å². The Balaban J connectivity index is 2.38. The van der Waals surface area contributed by atoms with Crippen LogP contribution in [0, 0.1) is 0 Å². The molecule has 0 aliphatic rings. The van der Waals surface area contributed by atoms with Gasteiger partial charge in [0.25, 0.3) is 0 Å². The van der Waals surface area contributed by atoms with E-state index in [1.807, 2.05) is 31.7 Å². The molecular formula is C15H18N2O3. The topological polar surface area (TPSA) is 53.4 Å². The summed E-state index contributed by atoms with van der Waals surface area (Å²) in [5, 5.41) is 0. The lowest BCUT2D eigenvalue weighted by Crippen LogP contribution is -2.29. The molecule has 1 aromatic heterocycles. The standard InChI is InChI=1S/C15H18N2O3/c1-15(2,14-16-7-8-17(14)3)20-13-9-11(10-18)5-6-12(13)19-4/h5-10H,1-4H3. The van der Waals surface area contributed by atoms with Gasteiger partial charge in [0.05, 0.1) is 7.11 Å². The first-order valence-corrected chi connectivity index (χ1v) is 6.28. The van der Waals surface area contributed by atoms with Gasteiger partial charge in [0.15, 0.2) is 22.9 Å². The number of carbonyl (C=O) groups is 1. The van der Waals surface area contributed by atoms with Gasteiger partial charge < -0.3 is 14.0 Å². The summed E-state index contributed by atoms with van der Waals surface area (Å²) >= 11 is 0. The zero-order chi connectivity index (χ0) is 14.8. The van der Waals surface area contributed by atoms with Crippen LogP contribution in [0.2, 0.25) is 0 Å². The fourth-order valence-electron chi connectivity index (χ4n) is 2.11. The Morgan fingerprint density at radius 2 is 2.05 bits per heavy atom. The van der Waals surface area contributed by atoms with Crippen LogP contribution in [-0.4, -0.2) is 22.9 Å². The second kappa shape index (κ2) is 5.36. The molecular weight excluding hydrogens is 256 g/mol. The molecule has 0 fully saturated rings. The van der Waals surface area contributed by atoms with E-state index in [1.165, 1.54) is 0 Å². The number of benzene rings is 1. The molecule has 106 valence electrons. The van der Waals surface area contributed by atoms with Gasteiger partial charge in [0, 0.05) is 25.0 Å². The van der Waals surface area contributed by atoms with Gasteiger partial charge in [-0.25, -0.2) is 4.98 Å². The molecule has 0 aliphatic carbocycles. The quantitative estimate of drug-likeness (QED) is 0.786. The third kappa shape index (κ3) is 2.66. The SMILES string of the molecule is COc1ccc(C=O)cc1OC(C)(C)c1nccn1C.